The molecule has 0 amide bonds. The number of carboxylic acid groups (broad SMARTS) is 1. The van der Waals surface area contributed by atoms with Crippen LogP contribution in [0.15, 0.2) is 41.3 Å². The minimum Gasteiger partial charge on any atom is -0.478 e. The number of nitrogens with one attached hydrogen (secondary N) is 1. The zero-order valence-corrected chi connectivity index (χ0v) is 17.8. The van der Waals surface area contributed by atoms with Crippen LogP contribution in [0.4, 0.5) is 17.1 Å². The molecule has 9 nitrogen and oxygen atoms in total. The minimum absolute atomic E-state index is 0.0167. The van der Waals surface area contributed by atoms with Crippen LogP contribution >= 0.6 is 23.4 Å². The van der Waals surface area contributed by atoms with Crippen LogP contribution in [0.1, 0.15) is 35.2 Å². The number of thioether (sulfide) groups is 1. The number of nitro groups is 2. The van der Waals surface area contributed by atoms with Crippen molar-refractivity contribution in [1.82, 2.24) is 0 Å². The second-order valence-corrected chi connectivity index (χ2v) is 9.45. The minimum atomic E-state index is -1.18. The molecule has 2 aromatic rings. The van der Waals surface area contributed by atoms with E-state index in [1.807, 2.05) is 6.92 Å². The Kier molecular flexibility index (Phi) is 5.52. The fraction of sp³-hybridized carbons (Fsp3) is 0.350. The number of nitrogens with zero attached hydrogens (tertiary/aromatic N) is 2. The molecule has 162 valence electrons. The molecule has 0 saturated heterocycles. The highest BCUT2D eigenvalue weighted by Gasteiger charge is 2.52. The SMILES string of the molecule is C[C@@H]1Nc2c(C(=O)O)ccc([N+](=O)[O-])c2[C@H]2[C@@H](Cl)[C@@H](Sc3ccccc3[N+](=O)[O-])C[C@H]21. The van der Waals surface area contributed by atoms with Crippen molar-refractivity contribution < 1.29 is 19.7 Å². The molecular weight excluding hydrogens is 446 g/mol. The van der Waals surface area contributed by atoms with E-state index >= 15 is 0 Å². The maximum atomic E-state index is 11.7. The van der Waals surface area contributed by atoms with Gasteiger partial charge in [-0.3, -0.25) is 20.2 Å². The van der Waals surface area contributed by atoms with Crippen molar-refractivity contribution in [3.8, 4) is 0 Å². The van der Waals surface area contributed by atoms with Crippen molar-refractivity contribution in [2.75, 3.05) is 5.32 Å². The number of aromatic carboxylic acids is 1. The van der Waals surface area contributed by atoms with E-state index in [0.717, 1.165) is 0 Å². The number of nitro benzene ring substituents is 2. The van der Waals surface area contributed by atoms with Gasteiger partial charge in [-0.05, 0) is 31.4 Å². The fourth-order valence-corrected chi connectivity index (χ4v) is 6.59. The zero-order chi connectivity index (χ0) is 22.4. The molecule has 1 aliphatic carbocycles. The summed E-state index contributed by atoms with van der Waals surface area (Å²) >= 11 is 8.14. The molecule has 0 spiro atoms. The van der Waals surface area contributed by atoms with Gasteiger partial charge in [-0.2, -0.15) is 0 Å². The van der Waals surface area contributed by atoms with Crippen LogP contribution < -0.4 is 5.32 Å². The summed E-state index contributed by atoms with van der Waals surface area (Å²) in [7, 11) is 0. The number of rotatable bonds is 5. The molecule has 1 heterocycles. The van der Waals surface area contributed by atoms with E-state index in [0.29, 0.717) is 16.9 Å². The molecule has 1 aliphatic heterocycles. The van der Waals surface area contributed by atoms with Crippen LogP contribution in [0.2, 0.25) is 0 Å². The molecule has 11 heteroatoms. The number of benzene rings is 2. The van der Waals surface area contributed by atoms with Crippen molar-refractivity contribution in [3.05, 3.63) is 67.8 Å². The topological polar surface area (TPSA) is 136 Å². The standard InChI is InChI=1S/C20H18ClN3O6S/c1-9-11-8-15(31-14-5-3-2-4-12(14)23(27)28)18(21)16(11)17-13(24(29)30)7-6-10(20(25)26)19(17)22-9/h2-7,9,11,15-16,18,22H,8H2,1H3,(H,25,26)/t9-,11-,15-,16-,18-/m0/s1. The Morgan fingerprint density at radius 3 is 2.48 bits per heavy atom. The summed E-state index contributed by atoms with van der Waals surface area (Å²) < 4.78 is 0. The molecular formula is C20H18ClN3O6S. The van der Waals surface area contributed by atoms with Crippen LogP contribution in [0.3, 0.4) is 0 Å². The lowest BCUT2D eigenvalue weighted by atomic mass is 9.78. The molecule has 0 radical (unpaired) electrons. The first kappa shape index (κ1) is 21.4. The monoisotopic (exact) mass is 463 g/mol. The zero-order valence-electron chi connectivity index (χ0n) is 16.2. The number of hydrogen-bond donors (Lipinski definition) is 2. The van der Waals surface area contributed by atoms with Gasteiger partial charge >= 0.3 is 5.97 Å². The first-order chi connectivity index (χ1) is 14.7. The molecule has 2 aromatic carbocycles. The number of para-hydroxylation sites is 1. The average molecular weight is 464 g/mol. The average Bonchev–Trinajstić information content (AvgIpc) is 3.04. The Morgan fingerprint density at radius 2 is 1.84 bits per heavy atom. The Morgan fingerprint density at radius 1 is 1.16 bits per heavy atom. The molecule has 0 bridgehead atoms. The lowest BCUT2D eigenvalue weighted by Crippen LogP contribution is -2.36. The van der Waals surface area contributed by atoms with Gasteiger partial charge in [0.15, 0.2) is 0 Å². The molecule has 2 aliphatic rings. The number of halogens is 1. The predicted molar refractivity (Wildman–Crippen MR) is 116 cm³/mol. The lowest BCUT2D eigenvalue weighted by Gasteiger charge is -2.36. The summed E-state index contributed by atoms with van der Waals surface area (Å²) in [6.07, 6.45) is 0.581. The van der Waals surface area contributed by atoms with Gasteiger partial charge in [-0.1, -0.05) is 12.1 Å². The summed E-state index contributed by atoms with van der Waals surface area (Å²) in [4.78, 5) is 34.4. The second-order valence-electron chi connectivity index (χ2n) is 7.67. The molecule has 2 N–H and O–H groups in total. The van der Waals surface area contributed by atoms with E-state index in [1.165, 1.54) is 30.0 Å². The molecule has 1 fully saturated rings. The van der Waals surface area contributed by atoms with Crippen LogP contribution in [0.5, 0.6) is 0 Å². The fourth-order valence-electron chi connectivity index (χ4n) is 4.66. The van der Waals surface area contributed by atoms with Gasteiger partial charge < -0.3 is 10.4 Å². The van der Waals surface area contributed by atoms with E-state index in [4.69, 9.17) is 11.6 Å². The maximum Gasteiger partial charge on any atom is 0.337 e. The summed E-state index contributed by atoms with van der Waals surface area (Å²) in [5.74, 6) is -1.72. The van der Waals surface area contributed by atoms with E-state index in [-0.39, 0.29) is 39.8 Å². The number of fused-ring (bicyclic) bond motifs is 3. The summed E-state index contributed by atoms with van der Waals surface area (Å²) in [5, 5.41) is 35.0. The number of carbonyl (C=O) groups is 1. The Balaban J connectivity index is 1.77. The van der Waals surface area contributed by atoms with Gasteiger partial charge in [0.2, 0.25) is 0 Å². The van der Waals surface area contributed by atoms with Gasteiger partial charge in [0.25, 0.3) is 11.4 Å². The highest BCUT2D eigenvalue weighted by Crippen LogP contribution is 2.57. The first-order valence-electron chi connectivity index (χ1n) is 9.56. The van der Waals surface area contributed by atoms with Crippen molar-refractivity contribution in [3.63, 3.8) is 0 Å². The van der Waals surface area contributed by atoms with Gasteiger partial charge in [-0.15, -0.1) is 23.4 Å². The van der Waals surface area contributed by atoms with Crippen molar-refractivity contribution >= 4 is 46.4 Å². The van der Waals surface area contributed by atoms with E-state index in [1.54, 1.807) is 18.2 Å². The van der Waals surface area contributed by atoms with E-state index < -0.39 is 27.1 Å². The highest BCUT2D eigenvalue weighted by atomic mass is 35.5. The summed E-state index contributed by atoms with van der Waals surface area (Å²) in [5.41, 5.74) is 0.314. The summed E-state index contributed by atoms with van der Waals surface area (Å²) in [6, 6.07) is 8.67. The van der Waals surface area contributed by atoms with E-state index in [2.05, 4.69) is 5.32 Å². The van der Waals surface area contributed by atoms with Crippen molar-refractivity contribution in [2.45, 2.75) is 40.8 Å². The smallest absolute Gasteiger partial charge is 0.337 e. The third-order valence-electron chi connectivity index (χ3n) is 6.00. The third kappa shape index (κ3) is 3.59. The maximum absolute atomic E-state index is 11.7. The van der Waals surface area contributed by atoms with Crippen LogP contribution in [0.25, 0.3) is 0 Å². The quantitative estimate of drug-likeness (QED) is 0.363. The Bertz CT molecular complexity index is 1100. The number of anilines is 1. The summed E-state index contributed by atoms with van der Waals surface area (Å²) in [6.45, 7) is 1.90. The predicted octanol–water partition coefficient (Wildman–Crippen LogP) is 4.89. The molecule has 31 heavy (non-hydrogen) atoms. The molecule has 4 rings (SSSR count). The highest BCUT2D eigenvalue weighted by molar-refractivity contribution is 8.00. The Labute approximate surface area is 186 Å². The van der Waals surface area contributed by atoms with Crippen molar-refractivity contribution in [1.29, 1.82) is 0 Å². The number of alkyl halides is 1. The van der Waals surface area contributed by atoms with Crippen molar-refractivity contribution in [2.24, 2.45) is 5.92 Å². The van der Waals surface area contributed by atoms with E-state index in [9.17, 15) is 30.1 Å². The molecule has 1 saturated carbocycles. The first-order valence-corrected chi connectivity index (χ1v) is 10.9. The normalized spacial score (nSPS) is 26.5. The van der Waals surface area contributed by atoms with Gasteiger partial charge in [0, 0.05) is 29.3 Å². The third-order valence-corrected chi connectivity index (χ3v) is 8.11. The lowest BCUT2D eigenvalue weighted by molar-refractivity contribution is -0.387. The van der Waals surface area contributed by atoms with Gasteiger partial charge in [-0.25, -0.2) is 4.79 Å². The number of carboxylic acids is 1. The van der Waals surface area contributed by atoms with Crippen LogP contribution in [-0.2, 0) is 0 Å². The van der Waals surface area contributed by atoms with Gasteiger partial charge in [0.1, 0.15) is 0 Å². The van der Waals surface area contributed by atoms with Crippen LogP contribution in [-0.4, -0.2) is 37.6 Å². The molecule has 5 atom stereocenters. The molecule has 0 aromatic heterocycles. The molecule has 0 unspecified atom stereocenters. The number of hydrogen-bond acceptors (Lipinski definition) is 7. The Hall–Kier alpha value is -2.85. The second kappa shape index (κ2) is 8.01. The largest absolute Gasteiger partial charge is 0.478 e. The van der Waals surface area contributed by atoms with Crippen LogP contribution in [0, 0.1) is 26.1 Å². The van der Waals surface area contributed by atoms with Gasteiger partial charge in [0.05, 0.1) is 36.9 Å².